The lowest BCUT2D eigenvalue weighted by molar-refractivity contribution is -0.131. The molecule has 0 radical (unpaired) electrons. The Morgan fingerprint density at radius 2 is 2.30 bits per heavy atom. The van der Waals surface area contributed by atoms with Crippen LogP contribution in [0.2, 0.25) is 0 Å². The van der Waals surface area contributed by atoms with E-state index in [1.165, 1.54) is 18.5 Å². The first-order valence-electron chi connectivity index (χ1n) is 7.91. The van der Waals surface area contributed by atoms with Crippen molar-refractivity contribution >= 4 is 12.2 Å². The maximum absolute atomic E-state index is 12.5. The van der Waals surface area contributed by atoms with Crippen molar-refractivity contribution < 1.29 is 9.59 Å². The minimum atomic E-state index is 0.112. The van der Waals surface area contributed by atoms with Crippen LogP contribution in [0.4, 0.5) is 0 Å². The summed E-state index contributed by atoms with van der Waals surface area (Å²) in [7, 11) is 0. The maximum Gasteiger partial charge on any atom is 0.240 e. The lowest BCUT2D eigenvalue weighted by Gasteiger charge is -2.33. The van der Waals surface area contributed by atoms with E-state index in [0.717, 1.165) is 51.6 Å². The number of carbonyl (C=O) groups is 2. The lowest BCUT2D eigenvalue weighted by Crippen LogP contribution is -2.44. The number of nitrogens with zero attached hydrogens (tertiary/aromatic N) is 2. The van der Waals surface area contributed by atoms with Crippen molar-refractivity contribution in [1.82, 2.24) is 9.80 Å². The van der Waals surface area contributed by atoms with Crippen LogP contribution < -0.4 is 0 Å². The zero-order valence-electron chi connectivity index (χ0n) is 12.5. The van der Waals surface area contributed by atoms with Crippen molar-refractivity contribution in [1.29, 1.82) is 0 Å². The van der Waals surface area contributed by atoms with Gasteiger partial charge in [0.25, 0.3) is 0 Å². The Morgan fingerprint density at radius 1 is 1.45 bits per heavy atom. The number of aldehydes is 1. The van der Waals surface area contributed by atoms with Crippen molar-refractivity contribution in [3.63, 3.8) is 0 Å². The monoisotopic (exact) mass is 278 g/mol. The molecule has 4 nitrogen and oxygen atoms in total. The molecule has 1 heterocycles. The molecule has 2 aliphatic rings. The molecular weight excluding hydrogens is 252 g/mol. The third-order valence-corrected chi connectivity index (χ3v) is 4.32. The minimum Gasteiger partial charge on any atom is -0.316 e. The Hall–Kier alpha value is -1.16. The highest BCUT2D eigenvalue weighted by Gasteiger charge is 2.24. The van der Waals surface area contributed by atoms with Gasteiger partial charge in [-0.3, -0.25) is 9.69 Å². The molecular formula is C16H26N2O2. The molecule has 1 aliphatic carbocycles. The molecule has 0 aromatic carbocycles. The van der Waals surface area contributed by atoms with E-state index < -0.39 is 0 Å². The van der Waals surface area contributed by atoms with Crippen LogP contribution in [0, 0.1) is 5.92 Å². The second-order valence-corrected chi connectivity index (χ2v) is 5.85. The van der Waals surface area contributed by atoms with Crippen LogP contribution in [0.5, 0.6) is 0 Å². The summed E-state index contributed by atoms with van der Waals surface area (Å²) in [6.45, 7) is 4.92. The number of hydrogen-bond donors (Lipinski definition) is 0. The van der Waals surface area contributed by atoms with Gasteiger partial charge in [-0.2, -0.15) is 0 Å². The predicted molar refractivity (Wildman–Crippen MR) is 79.2 cm³/mol. The third-order valence-electron chi connectivity index (χ3n) is 4.32. The van der Waals surface area contributed by atoms with Crippen LogP contribution in [-0.2, 0) is 9.59 Å². The molecule has 0 spiro atoms. The molecule has 112 valence electrons. The van der Waals surface area contributed by atoms with Crippen LogP contribution in [-0.4, -0.2) is 48.2 Å². The summed E-state index contributed by atoms with van der Waals surface area (Å²) >= 11 is 0. The Bertz CT molecular complexity index is 379. The van der Waals surface area contributed by atoms with Gasteiger partial charge >= 0.3 is 0 Å². The van der Waals surface area contributed by atoms with Gasteiger partial charge in [-0.15, -0.1) is 0 Å². The fraction of sp³-hybridized carbons (Fsp3) is 0.750. The summed E-state index contributed by atoms with van der Waals surface area (Å²) in [6, 6.07) is 0. The highest BCUT2D eigenvalue weighted by molar-refractivity contribution is 5.80. The molecule has 20 heavy (non-hydrogen) atoms. The number of hydrogen-bond acceptors (Lipinski definition) is 3. The quantitative estimate of drug-likeness (QED) is 0.724. The molecule has 1 unspecified atom stereocenters. The third kappa shape index (κ3) is 3.92. The Morgan fingerprint density at radius 3 is 2.95 bits per heavy atom. The summed E-state index contributed by atoms with van der Waals surface area (Å²) in [5, 5.41) is 0. The molecule has 0 bridgehead atoms. The van der Waals surface area contributed by atoms with Gasteiger partial charge in [0.05, 0.1) is 6.54 Å². The molecule has 1 amide bonds. The van der Waals surface area contributed by atoms with Gasteiger partial charge in [0, 0.05) is 24.7 Å². The highest BCUT2D eigenvalue weighted by atomic mass is 16.2. The first-order valence-corrected chi connectivity index (χ1v) is 7.91. The molecule has 0 aromatic heterocycles. The summed E-state index contributed by atoms with van der Waals surface area (Å²) in [4.78, 5) is 27.5. The van der Waals surface area contributed by atoms with E-state index in [4.69, 9.17) is 0 Å². The van der Waals surface area contributed by atoms with Crippen molar-refractivity contribution in [2.45, 2.75) is 45.4 Å². The standard InChI is InChI=1S/C16H26N2O2/c1-2-18(15-8-4-3-5-9-15)16(20)12-17-10-6-7-14(11-17)13-19/h8,13-14H,2-7,9-12H2,1H3. The summed E-state index contributed by atoms with van der Waals surface area (Å²) < 4.78 is 0. The van der Waals surface area contributed by atoms with Crippen molar-refractivity contribution in [3.8, 4) is 0 Å². The van der Waals surface area contributed by atoms with Crippen molar-refractivity contribution in [2.24, 2.45) is 5.92 Å². The Labute approximate surface area is 121 Å². The van der Waals surface area contributed by atoms with Gasteiger partial charge < -0.3 is 9.69 Å². The maximum atomic E-state index is 12.5. The van der Waals surface area contributed by atoms with Crippen LogP contribution in [0.1, 0.15) is 45.4 Å². The zero-order valence-corrected chi connectivity index (χ0v) is 12.5. The normalized spacial score (nSPS) is 24.1. The molecule has 0 saturated carbocycles. The van der Waals surface area contributed by atoms with E-state index >= 15 is 0 Å². The largest absolute Gasteiger partial charge is 0.316 e. The number of carbonyl (C=O) groups excluding carboxylic acids is 2. The topological polar surface area (TPSA) is 40.6 Å². The molecule has 2 rings (SSSR count). The van der Waals surface area contributed by atoms with Crippen LogP contribution in [0.25, 0.3) is 0 Å². The van der Waals surface area contributed by atoms with Crippen LogP contribution in [0.3, 0.4) is 0 Å². The van der Waals surface area contributed by atoms with Gasteiger partial charge in [-0.1, -0.05) is 6.08 Å². The van der Waals surface area contributed by atoms with Crippen LogP contribution in [0.15, 0.2) is 11.8 Å². The number of likely N-dealkylation sites (tertiary alicyclic amines) is 1. The Balaban J connectivity index is 1.91. The average molecular weight is 278 g/mol. The van der Waals surface area contributed by atoms with E-state index in [0.29, 0.717) is 6.54 Å². The number of likely N-dealkylation sites (N-methyl/N-ethyl adjacent to an activating group) is 1. The fourth-order valence-corrected chi connectivity index (χ4v) is 3.23. The molecule has 1 saturated heterocycles. The van der Waals surface area contributed by atoms with Crippen LogP contribution >= 0.6 is 0 Å². The summed E-state index contributed by atoms with van der Waals surface area (Å²) in [6.07, 6.45) is 9.79. The van der Waals surface area contributed by atoms with Gasteiger partial charge in [-0.25, -0.2) is 0 Å². The average Bonchev–Trinajstić information content (AvgIpc) is 2.49. The Kier molecular flexibility index (Phi) is 5.77. The number of rotatable bonds is 5. The van der Waals surface area contributed by atoms with E-state index in [2.05, 4.69) is 11.0 Å². The molecule has 0 N–H and O–H groups in total. The number of allylic oxidation sites excluding steroid dienone is 2. The summed E-state index contributed by atoms with van der Waals surface area (Å²) in [5.74, 6) is 0.299. The second kappa shape index (κ2) is 7.58. The zero-order chi connectivity index (χ0) is 14.4. The van der Waals surface area contributed by atoms with Gasteiger partial charge in [0.15, 0.2) is 0 Å². The first-order chi connectivity index (χ1) is 9.74. The van der Waals surface area contributed by atoms with E-state index in [1.807, 2.05) is 11.8 Å². The number of amides is 1. The van der Waals surface area contributed by atoms with Gasteiger partial charge in [-0.05, 0) is 52.0 Å². The molecule has 0 aromatic rings. The smallest absolute Gasteiger partial charge is 0.240 e. The van der Waals surface area contributed by atoms with E-state index in [1.54, 1.807) is 0 Å². The molecule has 1 aliphatic heterocycles. The minimum absolute atomic E-state index is 0.112. The number of piperidine rings is 1. The predicted octanol–water partition coefficient (Wildman–Crippen LogP) is 2.20. The second-order valence-electron chi connectivity index (χ2n) is 5.85. The summed E-state index contributed by atoms with van der Waals surface area (Å²) in [5.41, 5.74) is 1.20. The highest BCUT2D eigenvalue weighted by Crippen LogP contribution is 2.21. The fourth-order valence-electron chi connectivity index (χ4n) is 3.23. The SMILES string of the molecule is CCN(C(=O)CN1CCCC(C=O)C1)C1=CCCCC1. The molecule has 1 atom stereocenters. The van der Waals surface area contributed by atoms with E-state index in [-0.39, 0.29) is 11.8 Å². The van der Waals surface area contributed by atoms with Crippen molar-refractivity contribution in [3.05, 3.63) is 11.8 Å². The molecule has 4 heteroatoms. The van der Waals surface area contributed by atoms with E-state index in [9.17, 15) is 9.59 Å². The van der Waals surface area contributed by atoms with Gasteiger partial charge in [0.1, 0.15) is 6.29 Å². The molecule has 1 fully saturated rings. The first kappa shape index (κ1) is 15.2. The lowest BCUT2D eigenvalue weighted by atomic mass is 9.99. The van der Waals surface area contributed by atoms with Crippen molar-refractivity contribution in [2.75, 3.05) is 26.2 Å². The van der Waals surface area contributed by atoms with Gasteiger partial charge in [0.2, 0.25) is 5.91 Å².